The van der Waals surface area contributed by atoms with Crippen LogP contribution in [0.2, 0.25) is 0 Å². The number of nitrogens with one attached hydrogen (secondary N) is 1. The largest absolute Gasteiger partial charge is 0.464 e. The van der Waals surface area contributed by atoms with Gasteiger partial charge in [-0.1, -0.05) is 6.07 Å². The second-order valence-corrected chi connectivity index (χ2v) is 5.43. The summed E-state index contributed by atoms with van der Waals surface area (Å²) in [6, 6.07) is 4.63. The van der Waals surface area contributed by atoms with Gasteiger partial charge < -0.3 is 4.74 Å². The number of hydrazone groups is 1. The minimum atomic E-state index is -0.930. The summed E-state index contributed by atoms with van der Waals surface area (Å²) in [4.78, 5) is 37.9. The van der Waals surface area contributed by atoms with Crippen molar-refractivity contribution >= 4 is 29.2 Å². The van der Waals surface area contributed by atoms with Crippen LogP contribution in [0.4, 0.5) is 5.69 Å². The molecule has 2 atom stereocenters. The quantitative estimate of drug-likeness (QED) is 0.627. The van der Waals surface area contributed by atoms with Crippen LogP contribution in [-0.2, 0) is 19.1 Å². The van der Waals surface area contributed by atoms with E-state index in [-0.39, 0.29) is 5.71 Å². The van der Waals surface area contributed by atoms with Crippen LogP contribution in [0.5, 0.6) is 0 Å². The molecule has 0 aliphatic carbocycles. The molecule has 2 heterocycles. The highest BCUT2D eigenvalue weighted by molar-refractivity contribution is 6.46. The number of esters is 1. The number of rotatable bonds is 2. The summed E-state index contributed by atoms with van der Waals surface area (Å²) in [5.74, 6) is -2.51. The van der Waals surface area contributed by atoms with Crippen molar-refractivity contribution in [2.45, 2.75) is 19.9 Å². The minimum absolute atomic E-state index is 0.0577. The van der Waals surface area contributed by atoms with Crippen molar-refractivity contribution < 1.29 is 19.1 Å². The van der Waals surface area contributed by atoms with Crippen LogP contribution >= 0.6 is 0 Å². The van der Waals surface area contributed by atoms with E-state index in [1.807, 2.05) is 19.9 Å². The first-order valence-electron chi connectivity index (χ1n) is 6.81. The maximum Gasteiger partial charge on any atom is 0.355 e. The van der Waals surface area contributed by atoms with Crippen LogP contribution in [0.1, 0.15) is 11.1 Å². The molecule has 0 saturated carbocycles. The van der Waals surface area contributed by atoms with Crippen LogP contribution in [0, 0.1) is 19.8 Å². The molecule has 22 heavy (non-hydrogen) atoms. The Kier molecular flexibility index (Phi) is 3.20. The van der Waals surface area contributed by atoms with Gasteiger partial charge in [0.2, 0.25) is 5.91 Å². The number of aryl methyl sites for hydroxylation is 2. The first kappa shape index (κ1) is 14.2. The molecule has 1 aromatic rings. The number of benzene rings is 1. The number of carbonyl (C=O) groups excluding carboxylic acids is 3. The van der Waals surface area contributed by atoms with Gasteiger partial charge in [-0.25, -0.2) is 9.69 Å². The van der Waals surface area contributed by atoms with E-state index < -0.39 is 29.7 Å². The third kappa shape index (κ3) is 1.97. The number of hydrogen-bond donors (Lipinski definition) is 1. The van der Waals surface area contributed by atoms with Crippen molar-refractivity contribution in [2.24, 2.45) is 11.0 Å². The fourth-order valence-electron chi connectivity index (χ4n) is 2.90. The molecule has 114 valence electrons. The molecule has 0 spiro atoms. The molecule has 1 saturated heterocycles. The second kappa shape index (κ2) is 4.94. The third-order valence-corrected chi connectivity index (χ3v) is 3.78. The SMILES string of the molecule is COC(=O)C1=NN[C@H]2C(=O)N(c3cc(C)cc(C)c3)C(=O)[C@H]12. The third-order valence-electron chi connectivity index (χ3n) is 3.78. The Balaban J connectivity index is 2.00. The van der Waals surface area contributed by atoms with Gasteiger partial charge in [0.15, 0.2) is 5.71 Å². The van der Waals surface area contributed by atoms with Crippen LogP contribution in [0.15, 0.2) is 23.3 Å². The number of anilines is 1. The molecule has 2 aliphatic rings. The number of methoxy groups -OCH3 is 1. The van der Waals surface area contributed by atoms with E-state index in [0.29, 0.717) is 5.69 Å². The number of carbonyl (C=O) groups is 3. The van der Waals surface area contributed by atoms with Crippen molar-refractivity contribution in [1.82, 2.24) is 5.43 Å². The molecule has 1 N–H and O–H groups in total. The van der Waals surface area contributed by atoms with Crippen LogP contribution in [0.3, 0.4) is 0 Å². The lowest BCUT2D eigenvalue weighted by molar-refractivity contribution is -0.133. The van der Waals surface area contributed by atoms with Gasteiger partial charge in [-0.15, -0.1) is 0 Å². The number of ether oxygens (including phenoxy) is 1. The standard InChI is InChI=1S/C15H15N3O4/c1-7-4-8(2)6-9(5-7)18-13(19)10-11(14(18)20)16-17-12(10)15(21)22-3/h4-6,10-11,16H,1-3H3/t10-,11+/m0/s1. The van der Waals surface area contributed by atoms with E-state index in [1.165, 1.54) is 7.11 Å². The van der Waals surface area contributed by atoms with E-state index >= 15 is 0 Å². The summed E-state index contributed by atoms with van der Waals surface area (Å²) in [5.41, 5.74) is 4.91. The van der Waals surface area contributed by atoms with Gasteiger partial charge in [0.1, 0.15) is 12.0 Å². The van der Waals surface area contributed by atoms with Gasteiger partial charge in [0.25, 0.3) is 5.91 Å². The lowest BCUT2D eigenvalue weighted by Gasteiger charge is -2.17. The number of amides is 2. The van der Waals surface area contributed by atoms with E-state index in [1.54, 1.807) is 12.1 Å². The Bertz CT molecular complexity index is 705. The van der Waals surface area contributed by atoms with E-state index in [9.17, 15) is 14.4 Å². The average molecular weight is 301 g/mol. The zero-order chi connectivity index (χ0) is 16.0. The second-order valence-electron chi connectivity index (χ2n) is 5.43. The van der Waals surface area contributed by atoms with Crippen LogP contribution < -0.4 is 10.3 Å². The summed E-state index contributed by atoms with van der Waals surface area (Å²) in [5, 5.41) is 3.78. The molecule has 0 aromatic heterocycles. The first-order valence-corrected chi connectivity index (χ1v) is 6.81. The van der Waals surface area contributed by atoms with Gasteiger partial charge in [-0.3, -0.25) is 15.0 Å². The molecule has 1 aromatic carbocycles. The van der Waals surface area contributed by atoms with Gasteiger partial charge in [-0.2, -0.15) is 5.10 Å². The highest BCUT2D eigenvalue weighted by Gasteiger charge is 2.55. The number of nitrogens with zero attached hydrogens (tertiary/aromatic N) is 2. The summed E-state index contributed by atoms with van der Waals surface area (Å²) in [6.07, 6.45) is 0. The summed E-state index contributed by atoms with van der Waals surface area (Å²) in [7, 11) is 1.21. The summed E-state index contributed by atoms with van der Waals surface area (Å²) in [6.45, 7) is 3.78. The van der Waals surface area contributed by atoms with E-state index in [2.05, 4.69) is 15.3 Å². The van der Waals surface area contributed by atoms with Gasteiger partial charge >= 0.3 is 5.97 Å². The van der Waals surface area contributed by atoms with Crippen LogP contribution in [-0.4, -0.2) is 36.6 Å². The Morgan fingerprint density at radius 2 is 1.82 bits per heavy atom. The maximum absolute atomic E-state index is 12.6. The zero-order valence-electron chi connectivity index (χ0n) is 12.4. The predicted octanol–water partition coefficient (Wildman–Crippen LogP) is 0.294. The Morgan fingerprint density at radius 1 is 1.18 bits per heavy atom. The highest BCUT2D eigenvalue weighted by Crippen LogP contribution is 2.31. The first-order chi connectivity index (χ1) is 10.4. The van der Waals surface area contributed by atoms with Crippen molar-refractivity contribution in [1.29, 1.82) is 0 Å². The lowest BCUT2D eigenvalue weighted by atomic mass is 9.99. The number of imide groups is 1. The van der Waals surface area contributed by atoms with Crippen molar-refractivity contribution in [3.05, 3.63) is 29.3 Å². The Hall–Kier alpha value is -2.70. The number of fused-ring (bicyclic) bond motifs is 1. The highest BCUT2D eigenvalue weighted by atomic mass is 16.5. The topological polar surface area (TPSA) is 88.1 Å². The van der Waals surface area contributed by atoms with Crippen LogP contribution in [0.25, 0.3) is 0 Å². The maximum atomic E-state index is 12.6. The molecule has 7 nitrogen and oxygen atoms in total. The molecule has 0 bridgehead atoms. The normalized spacial score (nSPS) is 23.2. The molecule has 0 radical (unpaired) electrons. The smallest absolute Gasteiger partial charge is 0.355 e. The van der Waals surface area contributed by atoms with Crippen molar-refractivity contribution in [3.63, 3.8) is 0 Å². The van der Waals surface area contributed by atoms with Gasteiger partial charge in [-0.05, 0) is 37.1 Å². The lowest BCUT2D eigenvalue weighted by Crippen LogP contribution is -2.36. The fourth-order valence-corrected chi connectivity index (χ4v) is 2.90. The molecule has 1 fully saturated rings. The van der Waals surface area contributed by atoms with E-state index in [4.69, 9.17) is 0 Å². The molecule has 7 heteroatoms. The fraction of sp³-hybridized carbons (Fsp3) is 0.333. The van der Waals surface area contributed by atoms with E-state index in [0.717, 1.165) is 16.0 Å². The predicted molar refractivity (Wildman–Crippen MR) is 78.3 cm³/mol. The molecule has 2 aliphatic heterocycles. The Labute approximate surface area is 126 Å². The molecular weight excluding hydrogens is 286 g/mol. The van der Waals surface area contributed by atoms with Gasteiger partial charge in [0.05, 0.1) is 12.8 Å². The monoisotopic (exact) mass is 301 g/mol. The average Bonchev–Trinajstić information content (AvgIpc) is 2.98. The summed E-state index contributed by atoms with van der Waals surface area (Å²) < 4.78 is 4.61. The molecule has 0 unspecified atom stereocenters. The van der Waals surface area contributed by atoms with Crippen molar-refractivity contribution in [3.8, 4) is 0 Å². The minimum Gasteiger partial charge on any atom is -0.464 e. The number of hydrogen-bond acceptors (Lipinski definition) is 6. The van der Waals surface area contributed by atoms with Crippen molar-refractivity contribution in [2.75, 3.05) is 12.0 Å². The Morgan fingerprint density at radius 3 is 2.41 bits per heavy atom. The molecule has 2 amide bonds. The summed E-state index contributed by atoms with van der Waals surface area (Å²) >= 11 is 0. The van der Waals surface area contributed by atoms with Gasteiger partial charge in [0, 0.05) is 0 Å². The molecule has 3 rings (SSSR count). The zero-order valence-corrected chi connectivity index (χ0v) is 12.4. The molecular formula is C15H15N3O4.